The number of phenolic OH excluding ortho intramolecular Hbond substituents is 1. The normalized spacial score (nSPS) is 10.8. The molecular weight excluding hydrogens is 150 g/mol. The van der Waals surface area contributed by atoms with Gasteiger partial charge in [-0.25, -0.2) is 0 Å². The molecule has 0 aromatic heterocycles. The fourth-order valence-corrected chi connectivity index (χ4v) is 0.934. The van der Waals surface area contributed by atoms with Gasteiger partial charge >= 0.3 is 0 Å². The van der Waals surface area contributed by atoms with E-state index in [1.807, 2.05) is 31.2 Å². The first-order chi connectivity index (χ1) is 5.74. The first-order valence-electron chi connectivity index (χ1n) is 3.90. The number of phenols is 1. The van der Waals surface area contributed by atoms with E-state index in [4.69, 9.17) is 5.73 Å². The Morgan fingerprint density at radius 3 is 2.83 bits per heavy atom. The molecule has 64 valence electrons. The van der Waals surface area contributed by atoms with Crippen molar-refractivity contribution in [3.8, 4) is 5.75 Å². The maximum absolute atomic E-state index is 9.33. The minimum absolute atomic E-state index is 0.328. The lowest BCUT2D eigenvalue weighted by Gasteiger charge is -1.98. The Morgan fingerprint density at radius 1 is 1.50 bits per heavy atom. The van der Waals surface area contributed by atoms with Crippen LogP contribution in [-0.4, -0.2) is 11.7 Å². The van der Waals surface area contributed by atoms with E-state index >= 15 is 0 Å². The van der Waals surface area contributed by atoms with Gasteiger partial charge in [0.1, 0.15) is 5.75 Å². The molecule has 0 saturated heterocycles. The molecule has 0 aliphatic rings. The lowest BCUT2D eigenvalue weighted by Crippen LogP contribution is -1.91. The topological polar surface area (TPSA) is 46.2 Å². The van der Waals surface area contributed by atoms with Gasteiger partial charge in [-0.1, -0.05) is 24.3 Å². The van der Waals surface area contributed by atoms with Crippen molar-refractivity contribution in [2.75, 3.05) is 6.54 Å². The summed E-state index contributed by atoms with van der Waals surface area (Å²) in [5.41, 5.74) is 7.16. The number of benzene rings is 1. The second-order valence-corrected chi connectivity index (χ2v) is 2.68. The Hall–Kier alpha value is -1.28. The van der Waals surface area contributed by atoms with Crippen molar-refractivity contribution >= 4 is 6.08 Å². The summed E-state index contributed by atoms with van der Waals surface area (Å²) in [7, 11) is 0. The molecule has 1 aromatic carbocycles. The summed E-state index contributed by atoms with van der Waals surface area (Å²) in [5.74, 6) is 0.328. The molecule has 0 unspecified atom stereocenters. The minimum Gasteiger partial charge on any atom is -0.508 e. The second kappa shape index (κ2) is 3.93. The molecule has 3 N–H and O–H groups in total. The quantitative estimate of drug-likeness (QED) is 0.696. The fraction of sp³-hybridized carbons (Fsp3) is 0.200. The van der Waals surface area contributed by atoms with E-state index in [1.54, 1.807) is 6.07 Å². The lowest BCUT2D eigenvalue weighted by atomic mass is 10.1. The Balaban J connectivity index is 2.89. The molecule has 1 aromatic rings. The summed E-state index contributed by atoms with van der Waals surface area (Å²) >= 11 is 0. The third-order valence-electron chi connectivity index (χ3n) is 1.68. The maximum Gasteiger partial charge on any atom is 0.119 e. The van der Waals surface area contributed by atoms with E-state index in [-0.39, 0.29) is 0 Å². The zero-order valence-electron chi connectivity index (χ0n) is 7.12. The number of hydrogen-bond donors (Lipinski definition) is 2. The van der Waals surface area contributed by atoms with Crippen LogP contribution in [-0.2, 0) is 0 Å². The number of nitrogens with two attached hydrogens (primary N) is 1. The molecule has 2 nitrogen and oxygen atoms in total. The zero-order valence-corrected chi connectivity index (χ0v) is 7.12. The highest BCUT2D eigenvalue weighted by atomic mass is 16.3. The van der Waals surface area contributed by atoms with Gasteiger partial charge in [0, 0.05) is 6.54 Å². The van der Waals surface area contributed by atoms with E-state index in [1.165, 1.54) is 0 Å². The first kappa shape index (κ1) is 8.81. The summed E-state index contributed by atoms with van der Waals surface area (Å²) in [6.07, 6.45) is 3.74. The number of rotatable bonds is 2. The second-order valence-electron chi connectivity index (χ2n) is 2.68. The molecule has 1 rings (SSSR count). The summed E-state index contributed by atoms with van der Waals surface area (Å²) in [4.78, 5) is 0. The molecule has 0 heterocycles. The molecular formula is C10H13NO. The van der Waals surface area contributed by atoms with Crippen LogP contribution in [0.1, 0.15) is 11.1 Å². The van der Waals surface area contributed by atoms with E-state index in [9.17, 15) is 5.11 Å². The van der Waals surface area contributed by atoms with Crippen molar-refractivity contribution in [2.45, 2.75) is 6.92 Å². The molecule has 0 aliphatic heterocycles. The van der Waals surface area contributed by atoms with Crippen LogP contribution >= 0.6 is 0 Å². The van der Waals surface area contributed by atoms with Crippen LogP contribution in [0.3, 0.4) is 0 Å². The van der Waals surface area contributed by atoms with E-state index in [0.717, 1.165) is 11.1 Å². The average molecular weight is 163 g/mol. The van der Waals surface area contributed by atoms with Crippen molar-refractivity contribution in [2.24, 2.45) is 5.73 Å². The van der Waals surface area contributed by atoms with Crippen LogP contribution < -0.4 is 5.73 Å². The number of aryl methyl sites for hydroxylation is 1. The smallest absolute Gasteiger partial charge is 0.119 e. The van der Waals surface area contributed by atoms with Crippen LogP contribution in [0.5, 0.6) is 5.75 Å². The van der Waals surface area contributed by atoms with Crippen LogP contribution in [0.4, 0.5) is 0 Å². The largest absolute Gasteiger partial charge is 0.508 e. The van der Waals surface area contributed by atoms with Gasteiger partial charge in [0.05, 0.1) is 0 Å². The molecule has 0 aliphatic carbocycles. The minimum atomic E-state index is 0.328. The highest BCUT2D eigenvalue weighted by Gasteiger charge is 1.94. The molecule has 0 radical (unpaired) electrons. The van der Waals surface area contributed by atoms with Gasteiger partial charge in [-0.2, -0.15) is 0 Å². The van der Waals surface area contributed by atoms with E-state index < -0.39 is 0 Å². The Kier molecular flexibility index (Phi) is 2.88. The SMILES string of the molecule is Cc1ccc(C=CCN)cc1O. The first-order valence-corrected chi connectivity index (χ1v) is 3.90. The molecule has 12 heavy (non-hydrogen) atoms. The number of aromatic hydroxyl groups is 1. The lowest BCUT2D eigenvalue weighted by molar-refractivity contribution is 0.471. The van der Waals surface area contributed by atoms with Crippen molar-refractivity contribution in [3.63, 3.8) is 0 Å². The van der Waals surface area contributed by atoms with Crippen molar-refractivity contribution in [3.05, 3.63) is 35.4 Å². The third kappa shape index (κ3) is 2.10. The van der Waals surface area contributed by atoms with Gasteiger partial charge in [0.15, 0.2) is 0 Å². The Labute approximate surface area is 72.3 Å². The van der Waals surface area contributed by atoms with Crippen LogP contribution in [0.2, 0.25) is 0 Å². The molecule has 0 bridgehead atoms. The average Bonchev–Trinajstić information content (AvgIpc) is 2.07. The predicted molar refractivity (Wildman–Crippen MR) is 50.9 cm³/mol. The standard InChI is InChI=1S/C10H13NO/c1-8-4-5-9(3-2-6-11)7-10(8)12/h2-5,7,12H,6,11H2,1H3. The van der Waals surface area contributed by atoms with Gasteiger partial charge in [0.25, 0.3) is 0 Å². The Morgan fingerprint density at radius 2 is 2.25 bits per heavy atom. The highest BCUT2D eigenvalue weighted by molar-refractivity contribution is 5.53. The molecule has 0 fully saturated rings. The summed E-state index contributed by atoms with van der Waals surface area (Å²) < 4.78 is 0. The number of hydrogen-bond acceptors (Lipinski definition) is 2. The molecule has 0 saturated carbocycles. The maximum atomic E-state index is 9.33. The summed E-state index contributed by atoms with van der Waals surface area (Å²) in [6.45, 7) is 2.39. The van der Waals surface area contributed by atoms with Crippen molar-refractivity contribution < 1.29 is 5.11 Å². The van der Waals surface area contributed by atoms with Crippen molar-refractivity contribution in [1.29, 1.82) is 0 Å². The van der Waals surface area contributed by atoms with Crippen LogP contribution in [0, 0.1) is 6.92 Å². The fourth-order valence-electron chi connectivity index (χ4n) is 0.934. The monoisotopic (exact) mass is 163 g/mol. The summed E-state index contributed by atoms with van der Waals surface area (Å²) in [6, 6.07) is 5.55. The van der Waals surface area contributed by atoms with Crippen LogP contribution in [0.15, 0.2) is 24.3 Å². The van der Waals surface area contributed by atoms with Gasteiger partial charge in [-0.15, -0.1) is 0 Å². The van der Waals surface area contributed by atoms with E-state index in [2.05, 4.69) is 0 Å². The van der Waals surface area contributed by atoms with Gasteiger partial charge < -0.3 is 10.8 Å². The molecule has 0 amide bonds. The molecule has 0 atom stereocenters. The highest BCUT2D eigenvalue weighted by Crippen LogP contribution is 2.17. The van der Waals surface area contributed by atoms with Crippen LogP contribution in [0.25, 0.3) is 6.08 Å². The van der Waals surface area contributed by atoms with Gasteiger partial charge in [0.2, 0.25) is 0 Å². The zero-order chi connectivity index (χ0) is 8.97. The molecule has 2 heteroatoms. The molecule has 0 spiro atoms. The summed E-state index contributed by atoms with van der Waals surface area (Å²) in [5, 5.41) is 9.33. The van der Waals surface area contributed by atoms with Gasteiger partial charge in [-0.05, 0) is 24.1 Å². The Bertz CT molecular complexity index is 292. The third-order valence-corrected chi connectivity index (χ3v) is 1.68. The van der Waals surface area contributed by atoms with Crippen molar-refractivity contribution in [1.82, 2.24) is 0 Å². The van der Waals surface area contributed by atoms with Gasteiger partial charge in [-0.3, -0.25) is 0 Å². The van der Waals surface area contributed by atoms with E-state index in [0.29, 0.717) is 12.3 Å². The predicted octanol–water partition coefficient (Wildman–Crippen LogP) is 1.67.